The van der Waals surface area contributed by atoms with Gasteiger partial charge in [-0.2, -0.15) is 0 Å². The van der Waals surface area contributed by atoms with Gasteiger partial charge >= 0.3 is 0 Å². The van der Waals surface area contributed by atoms with Crippen LogP contribution in [-0.4, -0.2) is 35.8 Å². The molecule has 0 bridgehead atoms. The van der Waals surface area contributed by atoms with E-state index in [1.807, 2.05) is 12.1 Å². The van der Waals surface area contributed by atoms with Crippen LogP contribution in [0.4, 0.5) is 0 Å². The number of rotatable bonds is 1. The SMILES string of the molecule is CC1C(=O)NCCN1C(=O)c1cc(Br)ccc1Br. The first kappa shape index (κ1) is 13.5. The molecule has 2 amide bonds. The van der Waals surface area contributed by atoms with Crippen molar-refractivity contribution in [2.75, 3.05) is 13.1 Å². The smallest absolute Gasteiger partial charge is 0.255 e. The second-order valence-electron chi connectivity index (χ2n) is 4.09. The first-order chi connectivity index (χ1) is 8.50. The summed E-state index contributed by atoms with van der Waals surface area (Å²) in [5.41, 5.74) is 0.561. The summed E-state index contributed by atoms with van der Waals surface area (Å²) < 4.78 is 1.57. The molecule has 2 rings (SSSR count). The zero-order chi connectivity index (χ0) is 13.3. The van der Waals surface area contributed by atoms with Crippen molar-refractivity contribution < 1.29 is 9.59 Å². The van der Waals surface area contributed by atoms with E-state index in [-0.39, 0.29) is 11.8 Å². The summed E-state index contributed by atoms with van der Waals surface area (Å²) in [7, 11) is 0. The molecule has 18 heavy (non-hydrogen) atoms. The van der Waals surface area contributed by atoms with Crippen molar-refractivity contribution in [1.82, 2.24) is 10.2 Å². The molecule has 0 aliphatic carbocycles. The van der Waals surface area contributed by atoms with E-state index in [4.69, 9.17) is 0 Å². The molecule has 0 saturated carbocycles. The van der Waals surface area contributed by atoms with Crippen LogP contribution in [0.15, 0.2) is 27.1 Å². The van der Waals surface area contributed by atoms with Crippen molar-refractivity contribution in [3.63, 3.8) is 0 Å². The summed E-state index contributed by atoms with van der Waals surface area (Å²) in [6, 6.07) is 4.99. The third-order valence-electron chi connectivity index (χ3n) is 2.92. The highest BCUT2D eigenvalue weighted by molar-refractivity contribution is 9.11. The number of hydrogen-bond donors (Lipinski definition) is 1. The van der Waals surface area contributed by atoms with Crippen LogP contribution in [0.2, 0.25) is 0 Å². The lowest BCUT2D eigenvalue weighted by Crippen LogP contribution is -2.55. The van der Waals surface area contributed by atoms with E-state index in [2.05, 4.69) is 37.2 Å². The number of benzene rings is 1. The minimum absolute atomic E-state index is 0.110. The number of nitrogens with one attached hydrogen (secondary N) is 1. The van der Waals surface area contributed by atoms with Crippen LogP contribution < -0.4 is 5.32 Å². The van der Waals surface area contributed by atoms with Gasteiger partial charge in [-0.25, -0.2) is 0 Å². The molecule has 1 heterocycles. The molecule has 4 nitrogen and oxygen atoms in total. The number of halogens is 2. The maximum atomic E-state index is 12.4. The zero-order valence-corrected chi connectivity index (χ0v) is 12.9. The molecule has 0 aromatic heterocycles. The predicted octanol–water partition coefficient (Wildman–Crippen LogP) is 2.17. The van der Waals surface area contributed by atoms with E-state index in [9.17, 15) is 9.59 Å². The van der Waals surface area contributed by atoms with Gasteiger partial charge in [-0.1, -0.05) is 15.9 Å². The van der Waals surface area contributed by atoms with Gasteiger partial charge in [0.1, 0.15) is 6.04 Å². The average Bonchev–Trinajstić information content (AvgIpc) is 2.35. The Balaban J connectivity index is 2.30. The van der Waals surface area contributed by atoms with Gasteiger partial charge in [-0.15, -0.1) is 0 Å². The first-order valence-electron chi connectivity index (χ1n) is 5.54. The number of nitrogens with zero attached hydrogens (tertiary/aromatic N) is 1. The Morgan fingerprint density at radius 2 is 2.17 bits per heavy atom. The lowest BCUT2D eigenvalue weighted by molar-refractivity contribution is -0.127. The third-order valence-corrected chi connectivity index (χ3v) is 4.10. The van der Waals surface area contributed by atoms with Gasteiger partial charge in [-0.05, 0) is 41.1 Å². The van der Waals surface area contributed by atoms with Crippen LogP contribution in [0.3, 0.4) is 0 Å². The molecule has 1 unspecified atom stereocenters. The van der Waals surface area contributed by atoms with Gasteiger partial charge in [0.15, 0.2) is 0 Å². The van der Waals surface area contributed by atoms with Crippen molar-refractivity contribution >= 4 is 43.7 Å². The lowest BCUT2D eigenvalue weighted by atomic mass is 10.1. The molecule has 1 fully saturated rings. The Hall–Kier alpha value is -0.880. The zero-order valence-electron chi connectivity index (χ0n) is 9.74. The predicted molar refractivity (Wildman–Crippen MR) is 75.4 cm³/mol. The van der Waals surface area contributed by atoms with Gasteiger partial charge in [0.05, 0.1) is 5.56 Å². The molecule has 1 aliphatic rings. The summed E-state index contributed by atoms with van der Waals surface area (Å²) in [6.45, 7) is 2.77. The second-order valence-corrected chi connectivity index (χ2v) is 5.86. The van der Waals surface area contributed by atoms with Crippen molar-refractivity contribution in [2.24, 2.45) is 0 Å². The second kappa shape index (κ2) is 5.40. The van der Waals surface area contributed by atoms with Gasteiger partial charge in [0.2, 0.25) is 5.91 Å². The first-order valence-corrected chi connectivity index (χ1v) is 7.13. The molecule has 1 aromatic rings. The molecule has 6 heteroatoms. The van der Waals surface area contributed by atoms with Gasteiger partial charge < -0.3 is 10.2 Å². The standard InChI is InChI=1S/C12H12Br2N2O2/c1-7-11(17)15-4-5-16(7)12(18)9-6-8(13)2-3-10(9)14/h2-3,6-7H,4-5H2,1H3,(H,15,17). The minimum atomic E-state index is -0.433. The van der Waals surface area contributed by atoms with Crippen molar-refractivity contribution in [2.45, 2.75) is 13.0 Å². The average molecular weight is 376 g/mol. The summed E-state index contributed by atoms with van der Waals surface area (Å²) >= 11 is 6.71. The molecule has 1 N–H and O–H groups in total. The Bertz CT molecular complexity index is 505. The number of carbonyl (C=O) groups is 2. The van der Waals surface area contributed by atoms with Crippen LogP contribution in [0, 0.1) is 0 Å². The largest absolute Gasteiger partial charge is 0.353 e. The Kier molecular flexibility index (Phi) is 4.07. The van der Waals surface area contributed by atoms with Crippen LogP contribution in [0.1, 0.15) is 17.3 Å². The molecule has 0 spiro atoms. The highest BCUT2D eigenvalue weighted by Gasteiger charge is 2.30. The fraction of sp³-hybridized carbons (Fsp3) is 0.333. The van der Waals surface area contributed by atoms with E-state index in [0.29, 0.717) is 18.7 Å². The molecule has 0 radical (unpaired) electrons. The summed E-state index contributed by atoms with van der Waals surface area (Å²) in [5.74, 6) is -0.244. The summed E-state index contributed by atoms with van der Waals surface area (Å²) in [5, 5.41) is 2.74. The highest BCUT2D eigenvalue weighted by Crippen LogP contribution is 2.24. The van der Waals surface area contributed by atoms with Crippen molar-refractivity contribution in [1.29, 1.82) is 0 Å². The van der Waals surface area contributed by atoms with Crippen LogP contribution in [-0.2, 0) is 4.79 Å². The van der Waals surface area contributed by atoms with Gasteiger partial charge in [0.25, 0.3) is 5.91 Å². The molecule has 1 saturated heterocycles. The maximum absolute atomic E-state index is 12.4. The number of carbonyl (C=O) groups excluding carboxylic acids is 2. The van der Waals surface area contributed by atoms with E-state index < -0.39 is 6.04 Å². The van der Waals surface area contributed by atoms with E-state index in [0.717, 1.165) is 8.95 Å². The fourth-order valence-corrected chi connectivity index (χ4v) is 2.65. The normalized spacial score (nSPS) is 19.6. The quantitative estimate of drug-likeness (QED) is 0.817. The molecule has 1 atom stereocenters. The molecular formula is C12H12Br2N2O2. The number of amides is 2. The highest BCUT2D eigenvalue weighted by atomic mass is 79.9. The van der Waals surface area contributed by atoms with E-state index in [1.54, 1.807) is 17.9 Å². The van der Waals surface area contributed by atoms with Crippen LogP contribution in [0.25, 0.3) is 0 Å². The fourth-order valence-electron chi connectivity index (χ4n) is 1.88. The molecule has 1 aliphatic heterocycles. The molecule has 96 valence electrons. The summed E-state index contributed by atoms with van der Waals surface area (Å²) in [6.07, 6.45) is 0. The molecular weight excluding hydrogens is 364 g/mol. The van der Waals surface area contributed by atoms with Crippen molar-refractivity contribution in [3.05, 3.63) is 32.7 Å². The Labute approximate surface area is 122 Å². The Morgan fingerprint density at radius 3 is 2.89 bits per heavy atom. The number of piperazine rings is 1. The number of hydrogen-bond acceptors (Lipinski definition) is 2. The van der Waals surface area contributed by atoms with E-state index >= 15 is 0 Å². The van der Waals surface area contributed by atoms with Crippen LogP contribution in [0.5, 0.6) is 0 Å². The summed E-state index contributed by atoms with van der Waals surface area (Å²) in [4.78, 5) is 25.6. The maximum Gasteiger partial charge on any atom is 0.255 e. The van der Waals surface area contributed by atoms with Gasteiger partial charge in [-0.3, -0.25) is 9.59 Å². The van der Waals surface area contributed by atoms with Crippen molar-refractivity contribution in [3.8, 4) is 0 Å². The van der Waals surface area contributed by atoms with Crippen LogP contribution >= 0.6 is 31.9 Å². The van der Waals surface area contributed by atoms with E-state index in [1.165, 1.54) is 0 Å². The lowest BCUT2D eigenvalue weighted by Gasteiger charge is -2.33. The Morgan fingerprint density at radius 1 is 1.44 bits per heavy atom. The minimum Gasteiger partial charge on any atom is -0.353 e. The molecule has 1 aromatic carbocycles. The monoisotopic (exact) mass is 374 g/mol. The third kappa shape index (κ3) is 2.59. The van der Waals surface area contributed by atoms with Gasteiger partial charge in [0, 0.05) is 22.0 Å². The topological polar surface area (TPSA) is 49.4 Å².